The van der Waals surface area contributed by atoms with E-state index in [2.05, 4.69) is 38.2 Å². The number of hydrogen-bond acceptors (Lipinski definition) is 5. The zero-order valence-electron chi connectivity index (χ0n) is 39.2. The van der Waals surface area contributed by atoms with Gasteiger partial charge in [-0.25, -0.2) is 0 Å². The molecule has 1 amide bonds. The summed E-state index contributed by atoms with van der Waals surface area (Å²) >= 11 is 0. The molecule has 0 saturated carbocycles. The van der Waals surface area contributed by atoms with E-state index in [1.165, 1.54) is 173 Å². The molecular formula is C52H101NO5. The summed E-state index contributed by atoms with van der Waals surface area (Å²) in [6.45, 7) is 6.46. The van der Waals surface area contributed by atoms with Gasteiger partial charge in [-0.1, -0.05) is 238 Å². The van der Waals surface area contributed by atoms with Crippen LogP contribution in [0.2, 0.25) is 0 Å². The van der Waals surface area contributed by atoms with Gasteiger partial charge in [-0.3, -0.25) is 9.59 Å². The smallest absolute Gasteiger partial charge is 0.306 e. The Kier molecular flexibility index (Phi) is 45.5. The highest BCUT2D eigenvalue weighted by atomic mass is 16.5. The largest absolute Gasteiger partial charge is 0.462 e. The first-order chi connectivity index (χ1) is 28.5. The molecule has 0 aliphatic carbocycles. The van der Waals surface area contributed by atoms with Gasteiger partial charge in [-0.15, -0.1) is 0 Å². The van der Waals surface area contributed by atoms with Crippen LogP contribution in [-0.2, 0) is 14.3 Å². The van der Waals surface area contributed by atoms with Crippen LogP contribution in [-0.4, -0.2) is 46.9 Å². The summed E-state index contributed by atoms with van der Waals surface area (Å²) in [5.74, 6) is -0.475. The molecule has 3 unspecified atom stereocenters. The lowest BCUT2D eigenvalue weighted by molar-refractivity contribution is -0.151. The van der Waals surface area contributed by atoms with Crippen LogP contribution in [0.4, 0.5) is 0 Å². The Hall–Kier alpha value is -1.40. The minimum atomic E-state index is -0.784. The van der Waals surface area contributed by atoms with Gasteiger partial charge >= 0.3 is 5.97 Å². The van der Waals surface area contributed by atoms with E-state index in [1.807, 2.05) is 0 Å². The van der Waals surface area contributed by atoms with E-state index in [1.54, 1.807) is 0 Å². The van der Waals surface area contributed by atoms with E-state index in [9.17, 15) is 19.8 Å². The molecule has 0 rings (SSSR count). The SMILES string of the molecule is CCCC/C=C\CCCCCC(CC(=O)NC(CO)C(O)CCCCCCCCCCCCCCC)OC(=O)CCCCCCCCCCCCCCCCCCC. The van der Waals surface area contributed by atoms with Crippen LogP contribution in [0.3, 0.4) is 0 Å². The topological polar surface area (TPSA) is 95.9 Å². The molecule has 6 nitrogen and oxygen atoms in total. The standard InChI is InChI=1S/C52H101NO5/c1-4-7-10-13-16-19-21-23-24-25-26-28-30-33-36-39-42-45-52(57)58-48(43-40-37-34-31-18-15-12-9-6-3)46-51(56)53-49(47-54)50(55)44-41-38-35-32-29-27-22-20-17-14-11-8-5-2/h15,18,48-50,54-55H,4-14,16-17,19-47H2,1-3H3,(H,53,56)/b18-15-. The molecule has 0 aromatic heterocycles. The molecule has 58 heavy (non-hydrogen) atoms. The highest BCUT2D eigenvalue weighted by Gasteiger charge is 2.24. The molecule has 0 radical (unpaired) electrons. The van der Waals surface area contributed by atoms with Crippen LogP contribution >= 0.6 is 0 Å². The van der Waals surface area contributed by atoms with Gasteiger partial charge in [0, 0.05) is 6.42 Å². The second-order valence-corrected chi connectivity index (χ2v) is 17.9. The van der Waals surface area contributed by atoms with Crippen molar-refractivity contribution in [1.82, 2.24) is 5.32 Å². The van der Waals surface area contributed by atoms with Crippen molar-refractivity contribution in [3.8, 4) is 0 Å². The van der Waals surface area contributed by atoms with E-state index in [0.29, 0.717) is 19.3 Å². The molecule has 3 N–H and O–H groups in total. The van der Waals surface area contributed by atoms with Crippen molar-refractivity contribution in [2.24, 2.45) is 0 Å². The Morgan fingerprint density at radius 3 is 1.28 bits per heavy atom. The van der Waals surface area contributed by atoms with Crippen molar-refractivity contribution < 1.29 is 24.5 Å². The van der Waals surface area contributed by atoms with Crippen molar-refractivity contribution >= 4 is 11.9 Å². The van der Waals surface area contributed by atoms with Crippen molar-refractivity contribution in [2.75, 3.05) is 6.61 Å². The van der Waals surface area contributed by atoms with Gasteiger partial charge in [-0.2, -0.15) is 0 Å². The number of aliphatic hydroxyl groups is 2. The van der Waals surface area contributed by atoms with Crippen molar-refractivity contribution in [3.63, 3.8) is 0 Å². The normalized spacial score (nSPS) is 13.3. The fourth-order valence-electron chi connectivity index (χ4n) is 8.12. The second kappa shape index (κ2) is 46.7. The molecule has 0 aliphatic rings. The number of esters is 1. The summed E-state index contributed by atoms with van der Waals surface area (Å²) in [7, 11) is 0. The maximum absolute atomic E-state index is 13.2. The molecule has 0 aromatic rings. The minimum Gasteiger partial charge on any atom is -0.462 e. The highest BCUT2D eigenvalue weighted by Crippen LogP contribution is 2.18. The average molecular weight is 820 g/mol. The van der Waals surface area contributed by atoms with Gasteiger partial charge in [0.05, 0.1) is 25.2 Å². The zero-order chi connectivity index (χ0) is 42.4. The predicted molar refractivity (Wildman–Crippen MR) is 250 cm³/mol. The molecule has 0 aromatic carbocycles. The van der Waals surface area contributed by atoms with Gasteiger partial charge in [-0.05, 0) is 44.9 Å². The number of ether oxygens (including phenoxy) is 1. The number of carbonyl (C=O) groups excluding carboxylic acids is 2. The van der Waals surface area contributed by atoms with E-state index in [-0.39, 0.29) is 24.9 Å². The Labute approximate surface area is 361 Å². The Bertz CT molecular complexity index is 878. The number of carbonyl (C=O) groups is 2. The zero-order valence-corrected chi connectivity index (χ0v) is 39.2. The molecule has 0 bridgehead atoms. The van der Waals surface area contributed by atoms with Crippen LogP contribution in [0, 0.1) is 0 Å². The molecule has 3 atom stereocenters. The fraction of sp³-hybridized carbons (Fsp3) is 0.923. The van der Waals surface area contributed by atoms with Gasteiger partial charge in [0.1, 0.15) is 6.10 Å². The molecule has 0 saturated heterocycles. The van der Waals surface area contributed by atoms with E-state index in [0.717, 1.165) is 64.2 Å². The number of nitrogens with one attached hydrogen (secondary N) is 1. The number of allylic oxidation sites excluding steroid dienone is 2. The van der Waals surface area contributed by atoms with Gasteiger partial charge in [0.25, 0.3) is 0 Å². The maximum atomic E-state index is 13.2. The van der Waals surface area contributed by atoms with Crippen molar-refractivity contribution in [3.05, 3.63) is 12.2 Å². The van der Waals surface area contributed by atoms with Crippen LogP contribution in [0.25, 0.3) is 0 Å². The third-order valence-corrected chi connectivity index (χ3v) is 12.1. The summed E-state index contributed by atoms with van der Waals surface area (Å²) < 4.78 is 5.91. The Morgan fingerprint density at radius 2 is 0.845 bits per heavy atom. The number of hydrogen-bond donors (Lipinski definition) is 3. The molecule has 6 heteroatoms. The predicted octanol–water partition coefficient (Wildman–Crippen LogP) is 15.3. The first kappa shape index (κ1) is 56.6. The maximum Gasteiger partial charge on any atom is 0.306 e. The lowest BCUT2D eigenvalue weighted by Gasteiger charge is -2.24. The third-order valence-electron chi connectivity index (χ3n) is 12.1. The lowest BCUT2D eigenvalue weighted by Crippen LogP contribution is -2.46. The third kappa shape index (κ3) is 41.3. The second-order valence-electron chi connectivity index (χ2n) is 17.9. The van der Waals surface area contributed by atoms with E-state index >= 15 is 0 Å². The number of rotatable bonds is 47. The Morgan fingerprint density at radius 1 is 0.483 bits per heavy atom. The molecule has 0 spiro atoms. The van der Waals surface area contributed by atoms with Crippen LogP contribution in [0.15, 0.2) is 12.2 Å². The van der Waals surface area contributed by atoms with Crippen LogP contribution < -0.4 is 5.32 Å². The summed E-state index contributed by atoms with van der Waals surface area (Å²) in [6.07, 6.45) is 51.4. The first-order valence-electron chi connectivity index (χ1n) is 25.9. The number of aliphatic hydroxyl groups excluding tert-OH is 2. The number of amides is 1. The van der Waals surface area contributed by atoms with Crippen LogP contribution in [0.5, 0.6) is 0 Å². The summed E-state index contributed by atoms with van der Waals surface area (Å²) in [5.41, 5.74) is 0. The highest BCUT2D eigenvalue weighted by molar-refractivity contribution is 5.77. The minimum absolute atomic E-state index is 0.0731. The van der Waals surface area contributed by atoms with Gasteiger partial charge < -0.3 is 20.3 Å². The van der Waals surface area contributed by atoms with E-state index in [4.69, 9.17) is 4.74 Å². The quantitative estimate of drug-likeness (QED) is 0.0323. The number of unbranched alkanes of at least 4 members (excludes halogenated alkanes) is 33. The summed E-state index contributed by atoms with van der Waals surface area (Å²) in [6, 6.07) is -0.699. The average Bonchev–Trinajstić information content (AvgIpc) is 3.22. The van der Waals surface area contributed by atoms with E-state index < -0.39 is 18.2 Å². The lowest BCUT2D eigenvalue weighted by atomic mass is 10.0. The summed E-state index contributed by atoms with van der Waals surface area (Å²) in [5, 5.41) is 23.7. The van der Waals surface area contributed by atoms with Crippen molar-refractivity contribution in [1.29, 1.82) is 0 Å². The summed E-state index contributed by atoms with van der Waals surface area (Å²) in [4.78, 5) is 26.1. The molecule has 344 valence electrons. The fourth-order valence-corrected chi connectivity index (χ4v) is 8.12. The monoisotopic (exact) mass is 820 g/mol. The Balaban J connectivity index is 4.41. The molecular weight excluding hydrogens is 719 g/mol. The van der Waals surface area contributed by atoms with Gasteiger partial charge in [0.2, 0.25) is 5.91 Å². The molecule has 0 aliphatic heterocycles. The molecule has 0 fully saturated rings. The van der Waals surface area contributed by atoms with Gasteiger partial charge in [0.15, 0.2) is 0 Å². The van der Waals surface area contributed by atoms with Crippen molar-refractivity contribution in [2.45, 2.75) is 302 Å². The first-order valence-corrected chi connectivity index (χ1v) is 25.9. The van der Waals surface area contributed by atoms with Crippen LogP contribution in [0.1, 0.15) is 284 Å². The molecule has 0 heterocycles.